The van der Waals surface area contributed by atoms with Crippen LogP contribution in [0.3, 0.4) is 0 Å². The lowest BCUT2D eigenvalue weighted by molar-refractivity contribution is -0.157. The zero-order valence-corrected chi connectivity index (χ0v) is 19.8. The van der Waals surface area contributed by atoms with E-state index in [4.69, 9.17) is 14.2 Å². The standard InChI is InChI=1S/C26H40O5/c1-16(27)29-13-5-6-18-7-8-21-20-14-23-26(31-23)15-19(30-17(2)28)9-12-25(26,4)22(20)10-11-24(18,21)3/h18-23H,5-15H2,1-4H3/t18-,19+,20+,21+,22+,23+,24-,25-,26+/m1/s1. The van der Waals surface area contributed by atoms with Crippen molar-refractivity contribution in [3.63, 3.8) is 0 Å². The molecule has 174 valence electrons. The third kappa shape index (κ3) is 3.28. The number of carbonyl (C=O) groups excluding carboxylic acids is 2. The van der Waals surface area contributed by atoms with E-state index < -0.39 is 0 Å². The second kappa shape index (κ2) is 7.46. The highest BCUT2D eigenvalue weighted by Crippen LogP contribution is 2.74. The Bertz CT molecular complexity index is 750. The molecular weight excluding hydrogens is 392 g/mol. The zero-order valence-electron chi connectivity index (χ0n) is 19.8. The molecule has 0 amide bonds. The average Bonchev–Trinajstić information content (AvgIpc) is 3.28. The van der Waals surface area contributed by atoms with Crippen molar-refractivity contribution in [2.75, 3.05) is 6.61 Å². The van der Waals surface area contributed by atoms with Gasteiger partial charge in [-0.15, -0.1) is 0 Å². The molecule has 5 aliphatic rings. The molecule has 5 nitrogen and oxygen atoms in total. The fourth-order valence-electron chi connectivity index (χ4n) is 9.10. The van der Waals surface area contributed by atoms with Gasteiger partial charge in [0.2, 0.25) is 0 Å². The number of fused-ring (bicyclic) bond motifs is 4. The molecule has 5 rings (SSSR count). The van der Waals surface area contributed by atoms with Gasteiger partial charge in [0.05, 0.1) is 12.7 Å². The molecule has 1 aliphatic heterocycles. The largest absolute Gasteiger partial charge is 0.466 e. The van der Waals surface area contributed by atoms with Crippen LogP contribution in [0.4, 0.5) is 0 Å². The van der Waals surface area contributed by atoms with Crippen LogP contribution in [-0.4, -0.2) is 36.4 Å². The van der Waals surface area contributed by atoms with Crippen molar-refractivity contribution in [1.82, 2.24) is 0 Å². The highest BCUT2D eigenvalue weighted by Gasteiger charge is 2.76. The minimum Gasteiger partial charge on any atom is -0.466 e. The van der Waals surface area contributed by atoms with Crippen molar-refractivity contribution in [2.45, 2.75) is 110 Å². The number of esters is 2. The molecule has 0 aromatic carbocycles. The van der Waals surface area contributed by atoms with E-state index in [1.54, 1.807) is 0 Å². The van der Waals surface area contributed by atoms with E-state index in [-0.39, 0.29) is 29.1 Å². The van der Waals surface area contributed by atoms with Crippen LogP contribution in [0.5, 0.6) is 0 Å². The Hall–Kier alpha value is -1.10. The monoisotopic (exact) mass is 432 g/mol. The zero-order chi connectivity index (χ0) is 22.0. The Labute approximate surface area is 186 Å². The van der Waals surface area contributed by atoms with Crippen molar-refractivity contribution in [3.8, 4) is 0 Å². The van der Waals surface area contributed by atoms with Crippen LogP contribution in [0.2, 0.25) is 0 Å². The summed E-state index contributed by atoms with van der Waals surface area (Å²) >= 11 is 0. The summed E-state index contributed by atoms with van der Waals surface area (Å²) in [4.78, 5) is 22.6. The molecule has 5 fully saturated rings. The second-order valence-electron chi connectivity index (χ2n) is 11.8. The summed E-state index contributed by atoms with van der Waals surface area (Å²) in [6, 6.07) is 0. The number of ether oxygens (including phenoxy) is 3. The molecule has 4 aliphatic carbocycles. The Kier molecular flexibility index (Phi) is 5.23. The summed E-state index contributed by atoms with van der Waals surface area (Å²) in [7, 11) is 0. The number of rotatable bonds is 5. The molecule has 0 unspecified atom stereocenters. The Morgan fingerprint density at radius 3 is 2.55 bits per heavy atom. The Morgan fingerprint density at radius 2 is 1.81 bits per heavy atom. The molecule has 31 heavy (non-hydrogen) atoms. The van der Waals surface area contributed by atoms with Gasteiger partial charge in [0.25, 0.3) is 0 Å². The smallest absolute Gasteiger partial charge is 0.302 e. The van der Waals surface area contributed by atoms with E-state index in [2.05, 4.69) is 13.8 Å². The number of hydrogen-bond donors (Lipinski definition) is 0. The van der Waals surface area contributed by atoms with Crippen molar-refractivity contribution in [1.29, 1.82) is 0 Å². The highest BCUT2D eigenvalue weighted by molar-refractivity contribution is 5.66. The van der Waals surface area contributed by atoms with E-state index in [0.717, 1.165) is 49.4 Å². The SMILES string of the molecule is CC(=O)OCCC[C@@H]1CC[C@H]2[C@@H]3C[C@@H]4O[C@@]45C[C@@H](OC(C)=O)CC[C@]5(C)[C@H]3CC[C@]12C. The Morgan fingerprint density at radius 1 is 1.00 bits per heavy atom. The molecule has 0 N–H and O–H groups in total. The quantitative estimate of drug-likeness (QED) is 0.345. The number of epoxide rings is 1. The van der Waals surface area contributed by atoms with E-state index in [1.165, 1.54) is 52.4 Å². The predicted molar refractivity (Wildman–Crippen MR) is 116 cm³/mol. The van der Waals surface area contributed by atoms with Gasteiger partial charge < -0.3 is 14.2 Å². The maximum absolute atomic E-state index is 11.5. The van der Waals surface area contributed by atoms with Crippen LogP contribution in [0.1, 0.15) is 91.9 Å². The molecule has 0 bridgehead atoms. The van der Waals surface area contributed by atoms with Crippen LogP contribution >= 0.6 is 0 Å². The molecule has 9 atom stereocenters. The average molecular weight is 433 g/mol. The molecule has 1 spiro atoms. The van der Waals surface area contributed by atoms with Gasteiger partial charge in [0.1, 0.15) is 11.7 Å². The summed E-state index contributed by atoms with van der Waals surface area (Å²) in [6.07, 6.45) is 12.1. The van der Waals surface area contributed by atoms with Crippen molar-refractivity contribution >= 4 is 11.9 Å². The van der Waals surface area contributed by atoms with Crippen LogP contribution in [0.15, 0.2) is 0 Å². The molecule has 1 heterocycles. The normalized spacial score (nSPS) is 49.8. The summed E-state index contributed by atoms with van der Waals surface area (Å²) < 4.78 is 17.4. The minimum atomic E-state index is -0.164. The molecule has 1 saturated heterocycles. The molecule has 0 aromatic heterocycles. The van der Waals surface area contributed by atoms with Crippen LogP contribution in [-0.2, 0) is 23.8 Å². The van der Waals surface area contributed by atoms with E-state index >= 15 is 0 Å². The fraction of sp³-hybridized carbons (Fsp3) is 0.923. The van der Waals surface area contributed by atoms with Gasteiger partial charge in [-0.05, 0) is 86.9 Å². The first-order valence-corrected chi connectivity index (χ1v) is 12.7. The minimum absolute atomic E-state index is 0.0362. The fourth-order valence-corrected chi connectivity index (χ4v) is 9.10. The van der Waals surface area contributed by atoms with Gasteiger partial charge >= 0.3 is 11.9 Å². The predicted octanol–water partition coefficient (Wildman–Crippen LogP) is 5.05. The molecule has 0 aromatic rings. The van der Waals surface area contributed by atoms with Crippen molar-refractivity contribution in [2.24, 2.45) is 34.5 Å². The first-order chi connectivity index (χ1) is 14.7. The summed E-state index contributed by atoms with van der Waals surface area (Å²) in [5.74, 6) is 2.75. The lowest BCUT2D eigenvalue weighted by Crippen LogP contribution is -2.58. The first kappa shape index (κ1) is 21.7. The van der Waals surface area contributed by atoms with Gasteiger partial charge in [-0.2, -0.15) is 0 Å². The third-order valence-electron chi connectivity index (χ3n) is 10.6. The summed E-state index contributed by atoms with van der Waals surface area (Å²) in [5, 5.41) is 0. The van der Waals surface area contributed by atoms with Gasteiger partial charge in [0.15, 0.2) is 0 Å². The van der Waals surface area contributed by atoms with Crippen molar-refractivity contribution in [3.05, 3.63) is 0 Å². The van der Waals surface area contributed by atoms with E-state index in [0.29, 0.717) is 18.1 Å². The summed E-state index contributed by atoms with van der Waals surface area (Å²) in [6.45, 7) is 8.66. The third-order valence-corrected chi connectivity index (χ3v) is 10.6. The van der Waals surface area contributed by atoms with Crippen LogP contribution in [0, 0.1) is 34.5 Å². The van der Waals surface area contributed by atoms with Gasteiger partial charge in [0, 0.05) is 25.7 Å². The molecular formula is C26H40O5. The van der Waals surface area contributed by atoms with E-state index in [9.17, 15) is 9.59 Å². The highest BCUT2D eigenvalue weighted by atomic mass is 16.6. The van der Waals surface area contributed by atoms with Crippen LogP contribution < -0.4 is 0 Å². The maximum atomic E-state index is 11.5. The number of carbonyl (C=O) groups is 2. The topological polar surface area (TPSA) is 65.1 Å². The first-order valence-electron chi connectivity index (χ1n) is 12.7. The molecule has 0 radical (unpaired) electrons. The van der Waals surface area contributed by atoms with Crippen molar-refractivity contribution < 1.29 is 23.8 Å². The Balaban J connectivity index is 1.29. The maximum Gasteiger partial charge on any atom is 0.302 e. The lowest BCUT2D eigenvalue weighted by atomic mass is 9.44. The van der Waals surface area contributed by atoms with Gasteiger partial charge in [-0.3, -0.25) is 9.59 Å². The second-order valence-corrected chi connectivity index (χ2v) is 11.8. The molecule has 5 heteroatoms. The lowest BCUT2D eigenvalue weighted by Gasteiger charge is -2.59. The number of hydrogen-bond acceptors (Lipinski definition) is 5. The molecule has 4 saturated carbocycles. The van der Waals surface area contributed by atoms with Gasteiger partial charge in [-0.1, -0.05) is 13.8 Å². The van der Waals surface area contributed by atoms with E-state index in [1.807, 2.05) is 0 Å². The summed E-state index contributed by atoms with van der Waals surface area (Å²) in [5.41, 5.74) is 0.617. The van der Waals surface area contributed by atoms with Crippen LogP contribution in [0.25, 0.3) is 0 Å². The van der Waals surface area contributed by atoms with Gasteiger partial charge in [-0.25, -0.2) is 0 Å².